The Labute approximate surface area is 120 Å². The van der Waals surface area contributed by atoms with Crippen LogP contribution in [0.15, 0.2) is 17.5 Å². The molecule has 1 aliphatic rings. The van der Waals surface area contributed by atoms with E-state index in [1.165, 1.54) is 30.6 Å². The van der Waals surface area contributed by atoms with Crippen molar-refractivity contribution in [3.05, 3.63) is 22.4 Å². The normalized spacial score (nSPS) is 19.7. The smallest absolute Gasteiger partial charge is 0.0785 e. The zero-order valence-corrected chi connectivity index (χ0v) is 12.5. The third-order valence-corrected chi connectivity index (χ3v) is 4.88. The van der Waals surface area contributed by atoms with Gasteiger partial charge in [-0.25, -0.2) is 0 Å². The van der Waals surface area contributed by atoms with Crippen LogP contribution >= 0.6 is 11.3 Å². The van der Waals surface area contributed by atoms with Crippen LogP contribution in [0.1, 0.15) is 43.0 Å². The van der Waals surface area contributed by atoms with Crippen LogP contribution in [0.2, 0.25) is 0 Å². The molecule has 1 saturated carbocycles. The molecule has 108 valence electrons. The number of aliphatic hydroxyl groups excluding tert-OH is 1. The predicted octanol–water partition coefficient (Wildman–Crippen LogP) is 2.97. The maximum atomic E-state index is 9.70. The van der Waals surface area contributed by atoms with Gasteiger partial charge >= 0.3 is 0 Å². The van der Waals surface area contributed by atoms with E-state index in [2.05, 4.69) is 22.8 Å². The molecular weight excluding hydrogens is 258 g/mol. The van der Waals surface area contributed by atoms with Crippen molar-refractivity contribution in [2.75, 3.05) is 20.3 Å². The minimum atomic E-state index is -0.356. The lowest BCUT2D eigenvalue weighted by atomic mass is 9.96. The van der Waals surface area contributed by atoms with Gasteiger partial charge in [0.25, 0.3) is 0 Å². The van der Waals surface area contributed by atoms with E-state index in [9.17, 15) is 5.11 Å². The van der Waals surface area contributed by atoms with Crippen molar-refractivity contribution >= 4 is 11.3 Å². The van der Waals surface area contributed by atoms with Crippen LogP contribution in [0.5, 0.6) is 0 Å². The summed E-state index contributed by atoms with van der Waals surface area (Å²) in [4.78, 5) is 1.44. The van der Waals surface area contributed by atoms with E-state index in [0.717, 1.165) is 18.9 Å². The Morgan fingerprint density at radius 2 is 2.26 bits per heavy atom. The molecule has 2 atom stereocenters. The molecule has 0 amide bonds. The van der Waals surface area contributed by atoms with Crippen molar-refractivity contribution in [1.29, 1.82) is 0 Å². The summed E-state index contributed by atoms with van der Waals surface area (Å²) < 4.78 is 4.96. The van der Waals surface area contributed by atoms with Gasteiger partial charge in [-0.2, -0.15) is 0 Å². The molecular formula is C15H25NO2S. The Morgan fingerprint density at radius 1 is 1.47 bits per heavy atom. The molecule has 0 aliphatic heterocycles. The molecule has 1 fully saturated rings. The van der Waals surface area contributed by atoms with Gasteiger partial charge in [-0.1, -0.05) is 18.9 Å². The highest BCUT2D eigenvalue weighted by Crippen LogP contribution is 2.37. The third-order valence-electron chi connectivity index (χ3n) is 3.92. The first-order valence-corrected chi connectivity index (χ1v) is 8.13. The van der Waals surface area contributed by atoms with Gasteiger partial charge in [0.15, 0.2) is 0 Å². The molecule has 2 N–H and O–H groups in total. The second-order valence-corrected chi connectivity index (χ2v) is 6.37. The van der Waals surface area contributed by atoms with Crippen molar-refractivity contribution in [3.63, 3.8) is 0 Å². The molecule has 1 aromatic rings. The minimum Gasteiger partial charge on any atom is -0.391 e. The van der Waals surface area contributed by atoms with Crippen molar-refractivity contribution in [1.82, 2.24) is 5.32 Å². The van der Waals surface area contributed by atoms with Crippen LogP contribution in [-0.4, -0.2) is 31.5 Å². The molecule has 0 saturated heterocycles. The summed E-state index contributed by atoms with van der Waals surface area (Å²) in [6.07, 6.45) is 5.78. The Bertz CT molecular complexity index is 336. The summed E-state index contributed by atoms with van der Waals surface area (Å²) in [6, 6.07) is 4.83. The standard InChI is InChI=1S/C15H25NO2S/c1-18-11-13(17)8-9-16-15(12-5-2-3-6-12)14-7-4-10-19-14/h4,7,10,12-13,15-17H,2-3,5-6,8-9,11H2,1H3. The summed E-state index contributed by atoms with van der Waals surface area (Å²) >= 11 is 1.84. The molecule has 1 aromatic heterocycles. The highest BCUT2D eigenvalue weighted by molar-refractivity contribution is 7.10. The van der Waals surface area contributed by atoms with Crippen LogP contribution in [0.4, 0.5) is 0 Å². The second kappa shape index (κ2) is 8.00. The van der Waals surface area contributed by atoms with E-state index in [1.54, 1.807) is 7.11 Å². The highest BCUT2D eigenvalue weighted by Gasteiger charge is 2.26. The monoisotopic (exact) mass is 283 g/mol. The van der Waals surface area contributed by atoms with Crippen LogP contribution in [0, 0.1) is 5.92 Å². The van der Waals surface area contributed by atoms with Crippen LogP contribution < -0.4 is 5.32 Å². The summed E-state index contributed by atoms with van der Waals surface area (Å²) in [5.41, 5.74) is 0. The number of hydrogen-bond donors (Lipinski definition) is 2. The van der Waals surface area contributed by atoms with E-state index in [0.29, 0.717) is 12.6 Å². The van der Waals surface area contributed by atoms with Gasteiger partial charge in [-0.15, -0.1) is 11.3 Å². The summed E-state index contributed by atoms with van der Waals surface area (Å²) in [7, 11) is 1.63. The van der Waals surface area contributed by atoms with E-state index >= 15 is 0 Å². The van der Waals surface area contributed by atoms with Crippen molar-refractivity contribution in [3.8, 4) is 0 Å². The molecule has 0 radical (unpaired) electrons. The maximum Gasteiger partial charge on any atom is 0.0785 e. The lowest BCUT2D eigenvalue weighted by Gasteiger charge is -2.24. The van der Waals surface area contributed by atoms with Crippen molar-refractivity contribution in [2.45, 2.75) is 44.2 Å². The number of methoxy groups -OCH3 is 1. The number of thiophene rings is 1. The average molecular weight is 283 g/mol. The number of ether oxygens (including phenoxy) is 1. The lowest BCUT2D eigenvalue weighted by molar-refractivity contribution is 0.0586. The molecule has 1 heterocycles. The van der Waals surface area contributed by atoms with E-state index in [1.807, 2.05) is 11.3 Å². The van der Waals surface area contributed by atoms with Gasteiger partial charge < -0.3 is 15.2 Å². The fourth-order valence-corrected chi connectivity index (χ4v) is 3.83. The van der Waals surface area contributed by atoms with Gasteiger partial charge in [-0.3, -0.25) is 0 Å². The third kappa shape index (κ3) is 4.56. The predicted molar refractivity (Wildman–Crippen MR) is 79.5 cm³/mol. The molecule has 0 aromatic carbocycles. The zero-order chi connectivity index (χ0) is 13.5. The minimum absolute atomic E-state index is 0.356. The molecule has 2 rings (SSSR count). The average Bonchev–Trinajstić information content (AvgIpc) is 3.08. The quantitative estimate of drug-likeness (QED) is 0.770. The van der Waals surface area contributed by atoms with Crippen molar-refractivity contribution in [2.24, 2.45) is 5.92 Å². The zero-order valence-electron chi connectivity index (χ0n) is 11.7. The number of rotatable bonds is 8. The van der Waals surface area contributed by atoms with Gasteiger partial charge in [0.1, 0.15) is 0 Å². The first-order chi connectivity index (χ1) is 9.31. The Balaban J connectivity index is 1.84. The fraction of sp³-hybridized carbons (Fsp3) is 0.733. The first-order valence-electron chi connectivity index (χ1n) is 7.25. The fourth-order valence-electron chi connectivity index (χ4n) is 2.94. The maximum absolute atomic E-state index is 9.70. The highest BCUT2D eigenvalue weighted by atomic mass is 32.1. The first kappa shape index (κ1) is 15.0. The number of aliphatic hydroxyl groups is 1. The van der Waals surface area contributed by atoms with Gasteiger partial charge in [0, 0.05) is 18.0 Å². The van der Waals surface area contributed by atoms with Crippen LogP contribution in [0.25, 0.3) is 0 Å². The van der Waals surface area contributed by atoms with E-state index < -0.39 is 0 Å². The molecule has 2 unspecified atom stereocenters. The lowest BCUT2D eigenvalue weighted by Crippen LogP contribution is -2.30. The Morgan fingerprint density at radius 3 is 2.89 bits per heavy atom. The molecule has 3 nitrogen and oxygen atoms in total. The second-order valence-electron chi connectivity index (χ2n) is 5.39. The van der Waals surface area contributed by atoms with Crippen LogP contribution in [0.3, 0.4) is 0 Å². The Hall–Kier alpha value is -0.420. The van der Waals surface area contributed by atoms with Gasteiger partial charge in [0.05, 0.1) is 12.7 Å². The topological polar surface area (TPSA) is 41.5 Å². The SMILES string of the molecule is COCC(O)CCNC(c1cccs1)C1CCCC1. The molecule has 0 bridgehead atoms. The van der Waals surface area contributed by atoms with Crippen molar-refractivity contribution < 1.29 is 9.84 Å². The summed E-state index contributed by atoms with van der Waals surface area (Å²) in [5, 5.41) is 15.5. The van der Waals surface area contributed by atoms with Gasteiger partial charge in [-0.05, 0) is 43.2 Å². The largest absolute Gasteiger partial charge is 0.391 e. The van der Waals surface area contributed by atoms with Crippen LogP contribution in [-0.2, 0) is 4.74 Å². The molecule has 4 heteroatoms. The van der Waals surface area contributed by atoms with E-state index in [-0.39, 0.29) is 6.10 Å². The Kier molecular flexibility index (Phi) is 6.31. The number of hydrogen-bond acceptors (Lipinski definition) is 4. The van der Waals surface area contributed by atoms with Gasteiger partial charge in [0.2, 0.25) is 0 Å². The summed E-state index contributed by atoms with van der Waals surface area (Å²) in [5.74, 6) is 0.762. The summed E-state index contributed by atoms with van der Waals surface area (Å²) in [6.45, 7) is 1.28. The molecule has 1 aliphatic carbocycles. The molecule has 19 heavy (non-hydrogen) atoms. The van der Waals surface area contributed by atoms with E-state index in [4.69, 9.17) is 4.74 Å². The molecule has 0 spiro atoms. The number of nitrogens with one attached hydrogen (secondary N) is 1.